The average Bonchev–Trinajstić information content (AvgIpc) is 3.16. The van der Waals surface area contributed by atoms with Crippen LogP contribution in [0.2, 0.25) is 0 Å². The lowest BCUT2D eigenvalue weighted by atomic mass is 9.86. The van der Waals surface area contributed by atoms with Crippen LogP contribution in [0.4, 0.5) is 0 Å². The quantitative estimate of drug-likeness (QED) is 0.926. The van der Waals surface area contributed by atoms with E-state index in [1.165, 1.54) is 12.8 Å². The minimum absolute atomic E-state index is 0.132. The van der Waals surface area contributed by atoms with Gasteiger partial charge in [0.05, 0.1) is 18.1 Å². The molecule has 1 saturated carbocycles. The Kier molecular flexibility index (Phi) is 3.44. The molecule has 0 spiro atoms. The molecule has 3 rings (SSSR count). The van der Waals surface area contributed by atoms with Crippen molar-refractivity contribution < 1.29 is 9.26 Å². The molecular formula is C15H19N3O2. The highest BCUT2D eigenvalue weighted by atomic mass is 16.5. The molecule has 1 aliphatic carbocycles. The number of nitrogens with zero attached hydrogens (tertiary/aromatic N) is 2. The first-order valence-corrected chi connectivity index (χ1v) is 6.97. The first kappa shape index (κ1) is 13.1. The number of nitrogens with two attached hydrogens (primary N) is 1. The summed E-state index contributed by atoms with van der Waals surface area (Å²) >= 11 is 0. The van der Waals surface area contributed by atoms with E-state index >= 15 is 0 Å². The maximum atomic E-state index is 5.95. The van der Waals surface area contributed by atoms with E-state index in [4.69, 9.17) is 15.0 Å². The fraction of sp³-hybridized carbons (Fsp3) is 0.467. The fourth-order valence-corrected chi connectivity index (χ4v) is 2.93. The molecule has 0 unspecified atom stereocenters. The monoisotopic (exact) mass is 273 g/mol. The van der Waals surface area contributed by atoms with Gasteiger partial charge in [-0.2, -0.15) is 4.98 Å². The van der Waals surface area contributed by atoms with Crippen molar-refractivity contribution in [1.29, 1.82) is 0 Å². The Hall–Kier alpha value is -1.88. The van der Waals surface area contributed by atoms with Crippen molar-refractivity contribution in [3.8, 4) is 17.1 Å². The van der Waals surface area contributed by atoms with Crippen molar-refractivity contribution in [2.24, 2.45) is 5.73 Å². The first-order chi connectivity index (χ1) is 9.79. The number of hydrogen-bond acceptors (Lipinski definition) is 5. The van der Waals surface area contributed by atoms with E-state index in [9.17, 15) is 0 Å². The Bertz CT molecular complexity index is 588. The second kappa shape index (κ2) is 5.25. The summed E-state index contributed by atoms with van der Waals surface area (Å²) in [6, 6.07) is 7.67. The van der Waals surface area contributed by atoms with Gasteiger partial charge in [-0.1, -0.05) is 30.1 Å². The van der Waals surface area contributed by atoms with Gasteiger partial charge in [-0.05, 0) is 25.0 Å². The highest BCUT2D eigenvalue weighted by Crippen LogP contribution is 2.40. The summed E-state index contributed by atoms with van der Waals surface area (Å²) in [4.78, 5) is 4.58. The van der Waals surface area contributed by atoms with Gasteiger partial charge in [0.15, 0.2) is 0 Å². The van der Waals surface area contributed by atoms with E-state index in [0.29, 0.717) is 18.3 Å². The van der Waals surface area contributed by atoms with Crippen molar-refractivity contribution in [1.82, 2.24) is 10.1 Å². The number of hydrogen-bond donors (Lipinski definition) is 1. The summed E-state index contributed by atoms with van der Waals surface area (Å²) < 4.78 is 10.8. The van der Waals surface area contributed by atoms with Crippen LogP contribution in [-0.2, 0) is 5.41 Å². The van der Waals surface area contributed by atoms with Crippen LogP contribution in [0.5, 0.6) is 5.75 Å². The molecule has 2 N–H and O–H groups in total. The van der Waals surface area contributed by atoms with E-state index in [-0.39, 0.29) is 5.41 Å². The summed E-state index contributed by atoms with van der Waals surface area (Å²) in [7, 11) is 1.64. The normalized spacial score (nSPS) is 17.3. The molecule has 5 nitrogen and oxygen atoms in total. The molecule has 5 heteroatoms. The van der Waals surface area contributed by atoms with Crippen molar-refractivity contribution in [2.75, 3.05) is 13.7 Å². The molecule has 0 radical (unpaired) electrons. The van der Waals surface area contributed by atoms with E-state index in [0.717, 1.165) is 24.2 Å². The molecule has 106 valence electrons. The van der Waals surface area contributed by atoms with E-state index in [1.54, 1.807) is 7.11 Å². The number of methoxy groups -OCH3 is 1. The molecule has 1 fully saturated rings. The Morgan fingerprint density at radius 2 is 2.05 bits per heavy atom. The largest absolute Gasteiger partial charge is 0.496 e. The highest BCUT2D eigenvalue weighted by molar-refractivity contribution is 5.63. The first-order valence-electron chi connectivity index (χ1n) is 6.97. The van der Waals surface area contributed by atoms with Crippen LogP contribution in [0.1, 0.15) is 31.6 Å². The third-order valence-electron chi connectivity index (χ3n) is 4.18. The van der Waals surface area contributed by atoms with Crippen molar-refractivity contribution in [2.45, 2.75) is 31.1 Å². The van der Waals surface area contributed by atoms with Crippen LogP contribution in [0.25, 0.3) is 11.4 Å². The molecule has 1 heterocycles. The van der Waals surface area contributed by atoms with Crippen molar-refractivity contribution in [3.63, 3.8) is 0 Å². The second-order valence-corrected chi connectivity index (χ2v) is 5.31. The van der Waals surface area contributed by atoms with Gasteiger partial charge in [0.2, 0.25) is 11.7 Å². The predicted octanol–water partition coefficient (Wildman–Crippen LogP) is 2.52. The molecule has 0 atom stereocenters. The topological polar surface area (TPSA) is 74.2 Å². The maximum Gasteiger partial charge on any atom is 0.234 e. The summed E-state index contributed by atoms with van der Waals surface area (Å²) in [6.07, 6.45) is 4.39. The zero-order chi connectivity index (χ0) is 14.0. The van der Waals surface area contributed by atoms with Gasteiger partial charge < -0.3 is 15.0 Å². The zero-order valence-electron chi connectivity index (χ0n) is 11.6. The van der Waals surface area contributed by atoms with Gasteiger partial charge in [0, 0.05) is 6.54 Å². The lowest BCUT2D eigenvalue weighted by molar-refractivity contribution is 0.284. The minimum atomic E-state index is -0.132. The molecule has 0 bridgehead atoms. The molecule has 1 aliphatic rings. The summed E-state index contributed by atoms with van der Waals surface area (Å²) in [5.41, 5.74) is 6.66. The molecule has 1 aromatic heterocycles. The summed E-state index contributed by atoms with van der Waals surface area (Å²) in [5, 5.41) is 4.11. The molecule has 0 saturated heterocycles. The predicted molar refractivity (Wildman–Crippen MR) is 75.5 cm³/mol. The van der Waals surface area contributed by atoms with Gasteiger partial charge in [0.25, 0.3) is 0 Å². The minimum Gasteiger partial charge on any atom is -0.496 e. The van der Waals surface area contributed by atoms with E-state index in [1.807, 2.05) is 24.3 Å². The molecule has 1 aromatic carbocycles. The van der Waals surface area contributed by atoms with Crippen molar-refractivity contribution in [3.05, 3.63) is 30.2 Å². The summed E-state index contributed by atoms with van der Waals surface area (Å²) in [6.45, 7) is 0.556. The maximum absolute atomic E-state index is 5.95. The van der Waals surface area contributed by atoms with Crippen LogP contribution in [0.3, 0.4) is 0 Å². The zero-order valence-corrected chi connectivity index (χ0v) is 11.6. The van der Waals surface area contributed by atoms with Crippen LogP contribution in [0.15, 0.2) is 28.8 Å². The van der Waals surface area contributed by atoms with Gasteiger partial charge in [0.1, 0.15) is 5.75 Å². The molecule has 0 aliphatic heterocycles. The lowest BCUT2D eigenvalue weighted by Crippen LogP contribution is -2.32. The van der Waals surface area contributed by atoms with Gasteiger partial charge in [-0.15, -0.1) is 0 Å². The molecule has 0 amide bonds. The van der Waals surface area contributed by atoms with E-state index in [2.05, 4.69) is 10.1 Å². The molecule has 2 aromatic rings. The third-order valence-corrected chi connectivity index (χ3v) is 4.18. The SMILES string of the molecule is COc1ccccc1-c1noc(C2(CN)CCCC2)n1. The van der Waals surface area contributed by atoms with Crippen LogP contribution >= 0.6 is 0 Å². The fourth-order valence-electron chi connectivity index (χ4n) is 2.93. The number of para-hydroxylation sites is 1. The van der Waals surface area contributed by atoms with Crippen LogP contribution in [-0.4, -0.2) is 23.8 Å². The third kappa shape index (κ3) is 2.08. The smallest absolute Gasteiger partial charge is 0.234 e. The molecule has 20 heavy (non-hydrogen) atoms. The summed E-state index contributed by atoms with van der Waals surface area (Å²) in [5.74, 6) is 1.98. The standard InChI is InChI=1S/C15H19N3O2/c1-19-12-7-3-2-6-11(12)13-17-14(20-18-13)15(10-16)8-4-5-9-15/h2-3,6-7H,4-5,8-10,16H2,1H3. The van der Waals surface area contributed by atoms with Crippen LogP contribution in [0, 0.1) is 0 Å². The van der Waals surface area contributed by atoms with E-state index < -0.39 is 0 Å². The van der Waals surface area contributed by atoms with Crippen molar-refractivity contribution >= 4 is 0 Å². The Labute approximate surface area is 118 Å². The van der Waals surface area contributed by atoms with Gasteiger partial charge in [-0.3, -0.25) is 0 Å². The average molecular weight is 273 g/mol. The Morgan fingerprint density at radius 1 is 1.30 bits per heavy atom. The number of aromatic nitrogens is 2. The highest BCUT2D eigenvalue weighted by Gasteiger charge is 2.39. The van der Waals surface area contributed by atoms with Crippen LogP contribution < -0.4 is 10.5 Å². The molecular weight excluding hydrogens is 254 g/mol. The van der Waals surface area contributed by atoms with Gasteiger partial charge in [-0.25, -0.2) is 0 Å². The second-order valence-electron chi connectivity index (χ2n) is 5.31. The number of benzene rings is 1. The van der Waals surface area contributed by atoms with Gasteiger partial charge >= 0.3 is 0 Å². The number of rotatable bonds is 4. The lowest BCUT2D eigenvalue weighted by Gasteiger charge is -2.21. The Morgan fingerprint density at radius 3 is 2.75 bits per heavy atom. The number of ether oxygens (including phenoxy) is 1. The Balaban J connectivity index is 1.98.